The van der Waals surface area contributed by atoms with Crippen LogP contribution in [0.4, 0.5) is 5.69 Å². The van der Waals surface area contributed by atoms with E-state index in [9.17, 15) is 14.9 Å². The van der Waals surface area contributed by atoms with E-state index < -0.39 is 4.92 Å². The van der Waals surface area contributed by atoms with Crippen molar-refractivity contribution in [3.8, 4) is 0 Å². The first-order valence-electron chi connectivity index (χ1n) is 5.88. The highest BCUT2D eigenvalue weighted by Crippen LogP contribution is 2.12. The number of hydrogen-bond donors (Lipinski definition) is 1. The van der Waals surface area contributed by atoms with Gasteiger partial charge in [-0.1, -0.05) is 18.2 Å². The van der Waals surface area contributed by atoms with E-state index in [0.717, 1.165) is 5.56 Å². The maximum Gasteiger partial charge on any atom is 0.269 e. The van der Waals surface area contributed by atoms with Crippen molar-refractivity contribution in [2.75, 3.05) is 0 Å². The van der Waals surface area contributed by atoms with E-state index in [4.69, 9.17) is 0 Å². The summed E-state index contributed by atoms with van der Waals surface area (Å²) in [5.74, 6) is -0.150. The van der Waals surface area contributed by atoms with E-state index in [1.54, 1.807) is 30.4 Å². The van der Waals surface area contributed by atoms with Gasteiger partial charge in [-0.05, 0) is 31.5 Å². The molecule has 0 radical (unpaired) electrons. The summed E-state index contributed by atoms with van der Waals surface area (Å²) in [5, 5.41) is 13.2. The van der Waals surface area contributed by atoms with E-state index in [-0.39, 0.29) is 17.6 Å². The fourth-order valence-electron chi connectivity index (χ4n) is 1.35. The molecule has 100 valence electrons. The molecule has 1 aromatic rings. The Bertz CT molecular complexity index is 502. The number of nitro groups is 1. The average Bonchev–Trinajstić information content (AvgIpc) is 2.34. The van der Waals surface area contributed by atoms with E-state index in [2.05, 4.69) is 5.32 Å². The SMILES string of the molecule is CC(C)NC(=O)/C=C/C=C\c1ccc([N+](=O)[O-])cc1. The summed E-state index contributed by atoms with van der Waals surface area (Å²) in [6, 6.07) is 6.28. The van der Waals surface area contributed by atoms with Crippen molar-refractivity contribution in [1.29, 1.82) is 0 Å². The zero-order valence-electron chi connectivity index (χ0n) is 10.9. The van der Waals surface area contributed by atoms with Gasteiger partial charge in [0.2, 0.25) is 5.91 Å². The Balaban J connectivity index is 2.55. The molecular weight excluding hydrogens is 244 g/mol. The number of carbonyl (C=O) groups is 1. The number of carbonyl (C=O) groups excluding carboxylic acids is 1. The lowest BCUT2D eigenvalue weighted by Gasteiger charge is -2.03. The number of benzene rings is 1. The number of rotatable bonds is 5. The lowest BCUT2D eigenvalue weighted by Crippen LogP contribution is -2.28. The molecule has 1 N–H and O–H groups in total. The van der Waals surface area contributed by atoms with E-state index in [1.807, 2.05) is 13.8 Å². The Morgan fingerprint density at radius 3 is 2.42 bits per heavy atom. The molecule has 0 aliphatic heterocycles. The van der Waals surface area contributed by atoms with Crippen LogP contribution in [0.2, 0.25) is 0 Å². The van der Waals surface area contributed by atoms with Crippen LogP contribution in [0.5, 0.6) is 0 Å². The molecule has 1 rings (SSSR count). The van der Waals surface area contributed by atoms with Crippen LogP contribution < -0.4 is 5.32 Å². The molecule has 0 aliphatic carbocycles. The summed E-state index contributed by atoms with van der Waals surface area (Å²) in [7, 11) is 0. The Hall–Kier alpha value is -2.43. The second-order valence-electron chi connectivity index (χ2n) is 4.23. The van der Waals surface area contributed by atoms with Crippen molar-refractivity contribution in [3.05, 3.63) is 58.2 Å². The molecule has 0 saturated heterocycles. The first-order chi connectivity index (χ1) is 8.99. The number of allylic oxidation sites excluding steroid dienone is 2. The molecule has 1 aromatic carbocycles. The minimum Gasteiger partial charge on any atom is -0.350 e. The van der Waals surface area contributed by atoms with Crippen molar-refractivity contribution in [2.24, 2.45) is 0 Å². The van der Waals surface area contributed by atoms with Crippen LogP contribution >= 0.6 is 0 Å². The van der Waals surface area contributed by atoms with Crippen LogP contribution in [0.1, 0.15) is 19.4 Å². The fourth-order valence-corrected chi connectivity index (χ4v) is 1.35. The molecule has 1 amide bonds. The summed E-state index contributed by atoms with van der Waals surface area (Å²) in [5.41, 5.74) is 0.892. The summed E-state index contributed by atoms with van der Waals surface area (Å²) >= 11 is 0. The molecule has 5 heteroatoms. The molecule has 0 unspecified atom stereocenters. The lowest BCUT2D eigenvalue weighted by atomic mass is 10.2. The number of non-ortho nitro benzene ring substituents is 1. The standard InChI is InChI=1S/C14H16N2O3/c1-11(2)15-14(17)6-4-3-5-12-7-9-13(10-8-12)16(18)19/h3-11H,1-2H3,(H,15,17)/b5-3-,6-4+. The molecule has 0 saturated carbocycles. The second-order valence-corrected chi connectivity index (χ2v) is 4.23. The van der Waals surface area contributed by atoms with Crippen molar-refractivity contribution in [2.45, 2.75) is 19.9 Å². The fraction of sp³-hybridized carbons (Fsp3) is 0.214. The second kappa shape index (κ2) is 7.10. The van der Waals surface area contributed by atoms with Gasteiger partial charge in [0.25, 0.3) is 5.69 Å². The van der Waals surface area contributed by atoms with Gasteiger partial charge in [0.1, 0.15) is 0 Å². The van der Waals surface area contributed by atoms with Crippen molar-refractivity contribution in [3.63, 3.8) is 0 Å². The van der Waals surface area contributed by atoms with Crippen molar-refractivity contribution in [1.82, 2.24) is 5.32 Å². The largest absolute Gasteiger partial charge is 0.350 e. The van der Waals surface area contributed by atoms with E-state index >= 15 is 0 Å². The Labute approximate surface area is 111 Å². The summed E-state index contributed by atoms with van der Waals surface area (Å²) in [4.78, 5) is 21.3. The van der Waals surface area contributed by atoms with E-state index in [1.165, 1.54) is 18.2 Å². The van der Waals surface area contributed by atoms with Gasteiger partial charge in [0.15, 0.2) is 0 Å². The highest BCUT2D eigenvalue weighted by Gasteiger charge is 2.01. The zero-order chi connectivity index (χ0) is 14.3. The molecule has 0 aromatic heterocycles. The van der Waals surface area contributed by atoms with Crippen LogP contribution in [0.3, 0.4) is 0 Å². The van der Waals surface area contributed by atoms with Crippen LogP contribution in [0.15, 0.2) is 42.5 Å². The van der Waals surface area contributed by atoms with Gasteiger partial charge in [-0.2, -0.15) is 0 Å². The predicted octanol–water partition coefficient (Wildman–Crippen LogP) is 2.69. The van der Waals surface area contributed by atoms with Gasteiger partial charge in [-0.25, -0.2) is 0 Å². The van der Waals surface area contributed by atoms with Crippen LogP contribution in [-0.4, -0.2) is 16.9 Å². The Morgan fingerprint density at radius 2 is 1.89 bits per heavy atom. The molecule has 0 bridgehead atoms. The smallest absolute Gasteiger partial charge is 0.269 e. The molecule has 0 atom stereocenters. The Kier molecular flexibility index (Phi) is 5.47. The van der Waals surface area contributed by atoms with Gasteiger partial charge in [0.05, 0.1) is 4.92 Å². The first kappa shape index (κ1) is 14.6. The summed E-state index contributed by atoms with van der Waals surface area (Å²) < 4.78 is 0. The molecule has 19 heavy (non-hydrogen) atoms. The van der Waals surface area contributed by atoms with Gasteiger partial charge >= 0.3 is 0 Å². The van der Waals surface area contributed by atoms with Crippen molar-refractivity contribution < 1.29 is 9.72 Å². The number of hydrogen-bond acceptors (Lipinski definition) is 3. The van der Waals surface area contributed by atoms with Crippen LogP contribution in [-0.2, 0) is 4.79 Å². The summed E-state index contributed by atoms with van der Waals surface area (Å²) in [6.45, 7) is 3.77. The normalized spacial score (nSPS) is 11.3. The van der Waals surface area contributed by atoms with Crippen LogP contribution in [0.25, 0.3) is 6.08 Å². The third-order valence-corrected chi connectivity index (χ3v) is 2.18. The minimum atomic E-state index is -0.441. The molecule has 0 spiro atoms. The molecule has 0 aliphatic rings. The average molecular weight is 260 g/mol. The van der Waals surface area contributed by atoms with Gasteiger partial charge in [-0.15, -0.1) is 0 Å². The highest BCUT2D eigenvalue weighted by molar-refractivity contribution is 5.88. The zero-order valence-corrected chi connectivity index (χ0v) is 10.9. The monoisotopic (exact) mass is 260 g/mol. The van der Waals surface area contributed by atoms with E-state index in [0.29, 0.717) is 0 Å². The number of nitrogens with zero attached hydrogens (tertiary/aromatic N) is 1. The lowest BCUT2D eigenvalue weighted by molar-refractivity contribution is -0.384. The maximum atomic E-state index is 11.3. The quantitative estimate of drug-likeness (QED) is 0.383. The number of nitro benzene ring substituents is 1. The van der Waals surface area contributed by atoms with Gasteiger partial charge in [-0.3, -0.25) is 14.9 Å². The summed E-state index contributed by atoms with van der Waals surface area (Å²) in [6.07, 6.45) is 6.53. The molecule has 0 fully saturated rings. The number of nitrogens with one attached hydrogen (secondary N) is 1. The third kappa shape index (κ3) is 5.63. The first-order valence-corrected chi connectivity index (χ1v) is 5.88. The molecule has 5 nitrogen and oxygen atoms in total. The maximum absolute atomic E-state index is 11.3. The van der Waals surface area contributed by atoms with Gasteiger partial charge in [0, 0.05) is 24.3 Å². The molecular formula is C14H16N2O3. The number of amides is 1. The van der Waals surface area contributed by atoms with Crippen LogP contribution in [0, 0.1) is 10.1 Å². The topological polar surface area (TPSA) is 72.2 Å². The Morgan fingerprint density at radius 1 is 1.26 bits per heavy atom. The minimum absolute atomic E-state index is 0.0593. The molecule has 0 heterocycles. The third-order valence-electron chi connectivity index (χ3n) is 2.18. The van der Waals surface area contributed by atoms with Gasteiger partial charge < -0.3 is 5.32 Å². The predicted molar refractivity (Wildman–Crippen MR) is 74.5 cm³/mol. The highest BCUT2D eigenvalue weighted by atomic mass is 16.6. The van der Waals surface area contributed by atoms with Crippen molar-refractivity contribution >= 4 is 17.7 Å².